The normalized spacial score (nSPS) is 25.8. The molecule has 0 radical (unpaired) electrons. The minimum absolute atomic E-state index is 0.00747. The maximum absolute atomic E-state index is 12.3. The van der Waals surface area contributed by atoms with Crippen molar-refractivity contribution in [2.75, 3.05) is 6.61 Å². The van der Waals surface area contributed by atoms with Gasteiger partial charge in [0, 0.05) is 0 Å². The van der Waals surface area contributed by atoms with Crippen molar-refractivity contribution < 1.29 is 14.0 Å². The zero-order valence-corrected chi connectivity index (χ0v) is 17.0. The lowest BCUT2D eigenvalue weighted by atomic mass is 9.64. The van der Waals surface area contributed by atoms with Crippen LogP contribution in [0.5, 0.6) is 0 Å². The molecule has 0 aromatic rings. The van der Waals surface area contributed by atoms with Gasteiger partial charge in [-0.1, -0.05) is 47.5 Å². The van der Waals surface area contributed by atoms with Gasteiger partial charge in [0.25, 0.3) is 0 Å². The molecular formula is C18H36O3Si. The number of carbonyl (C=O) groups is 1. The van der Waals surface area contributed by atoms with E-state index in [1.165, 1.54) is 6.42 Å². The average Bonchev–Trinajstić information content (AvgIpc) is 2.31. The van der Waals surface area contributed by atoms with Gasteiger partial charge in [0.1, 0.15) is 0 Å². The van der Waals surface area contributed by atoms with E-state index < -0.39 is 8.32 Å². The summed E-state index contributed by atoms with van der Waals surface area (Å²) >= 11 is 0. The first-order valence-electron chi connectivity index (χ1n) is 8.73. The second-order valence-corrected chi connectivity index (χ2v) is 13.7. The van der Waals surface area contributed by atoms with Crippen molar-refractivity contribution in [3.8, 4) is 0 Å². The van der Waals surface area contributed by atoms with Crippen LogP contribution in [0.3, 0.4) is 0 Å². The van der Waals surface area contributed by atoms with Crippen LogP contribution in [-0.4, -0.2) is 26.5 Å². The molecule has 0 aromatic heterocycles. The third-order valence-corrected chi connectivity index (χ3v) is 10.4. The van der Waals surface area contributed by atoms with Crippen molar-refractivity contribution in [2.45, 2.75) is 97.4 Å². The molecule has 22 heavy (non-hydrogen) atoms. The molecule has 0 spiro atoms. The summed E-state index contributed by atoms with van der Waals surface area (Å²) in [5.74, 6) is -0.115. The van der Waals surface area contributed by atoms with Gasteiger partial charge in [-0.3, -0.25) is 4.79 Å². The Morgan fingerprint density at radius 3 is 2.14 bits per heavy atom. The standard InChI is InChI=1S/C18H36O3Si/c1-9-20-15(19)14-18(13-11-10-12-17(18,5)6)21-22(7,8)16(2,3)4/h9-14H2,1-8H3. The number of ether oxygens (including phenoxy) is 1. The van der Waals surface area contributed by atoms with Crippen LogP contribution >= 0.6 is 0 Å². The van der Waals surface area contributed by atoms with Gasteiger partial charge in [-0.05, 0) is 43.3 Å². The molecular weight excluding hydrogens is 292 g/mol. The highest BCUT2D eigenvalue weighted by Gasteiger charge is 2.54. The van der Waals surface area contributed by atoms with Gasteiger partial charge in [0.2, 0.25) is 0 Å². The van der Waals surface area contributed by atoms with E-state index >= 15 is 0 Å². The lowest BCUT2D eigenvalue weighted by Crippen LogP contribution is -2.58. The van der Waals surface area contributed by atoms with Gasteiger partial charge in [-0.2, -0.15) is 0 Å². The number of esters is 1. The number of rotatable bonds is 5. The van der Waals surface area contributed by atoms with Crippen LogP contribution in [0, 0.1) is 5.41 Å². The highest BCUT2D eigenvalue weighted by atomic mass is 28.4. The van der Waals surface area contributed by atoms with E-state index in [2.05, 4.69) is 47.7 Å². The maximum atomic E-state index is 12.3. The minimum Gasteiger partial charge on any atom is -0.466 e. The summed E-state index contributed by atoms with van der Waals surface area (Å²) in [6.07, 6.45) is 4.82. The molecule has 1 fully saturated rings. The lowest BCUT2D eigenvalue weighted by Gasteiger charge is -2.55. The van der Waals surface area contributed by atoms with Crippen molar-refractivity contribution in [2.24, 2.45) is 5.41 Å². The zero-order chi connectivity index (χ0) is 17.2. The van der Waals surface area contributed by atoms with Crippen molar-refractivity contribution in [3.63, 3.8) is 0 Å². The second kappa shape index (κ2) is 6.64. The third-order valence-electron chi connectivity index (χ3n) is 5.86. The van der Waals surface area contributed by atoms with Crippen LogP contribution in [0.25, 0.3) is 0 Å². The van der Waals surface area contributed by atoms with Crippen molar-refractivity contribution in [1.82, 2.24) is 0 Å². The summed E-state index contributed by atoms with van der Waals surface area (Å²) in [6.45, 7) is 18.2. The van der Waals surface area contributed by atoms with Gasteiger partial charge in [-0.25, -0.2) is 0 Å². The topological polar surface area (TPSA) is 35.5 Å². The van der Waals surface area contributed by atoms with E-state index in [0.717, 1.165) is 19.3 Å². The summed E-state index contributed by atoms with van der Waals surface area (Å²) in [5.41, 5.74) is -0.367. The van der Waals surface area contributed by atoms with Gasteiger partial charge in [-0.15, -0.1) is 0 Å². The fraction of sp³-hybridized carbons (Fsp3) is 0.944. The molecule has 130 valence electrons. The van der Waals surface area contributed by atoms with E-state index in [4.69, 9.17) is 9.16 Å². The van der Waals surface area contributed by atoms with Gasteiger partial charge < -0.3 is 9.16 Å². The predicted molar refractivity (Wildman–Crippen MR) is 94.5 cm³/mol. The smallest absolute Gasteiger partial charge is 0.308 e. The number of hydrogen-bond donors (Lipinski definition) is 0. The lowest BCUT2D eigenvalue weighted by molar-refractivity contribution is -0.157. The van der Waals surface area contributed by atoms with Crippen molar-refractivity contribution in [3.05, 3.63) is 0 Å². The first-order valence-corrected chi connectivity index (χ1v) is 11.6. The Kier molecular flexibility index (Phi) is 5.94. The molecule has 1 aliphatic carbocycles. The highest BCUT2D eigenvalue weighted by molar-refractivity contribution is 6.74. The molecule has 0 saturated heterocycles. The molecule has 1 atom stereocenters. The average molecular weight is 329 g/mol. The fourth-order valence-electron chi connectivity index (χ4n) is 3.18. The summed E-state index contributed by atoms with van der Waals surface area (Å²) in [4.78, 5) is 12.3. The first-order chi connectivity index (χ1) is 9.87. The van der Waals surface area contributed by atoms with Crippen molar-refractivity contribution in [1.29, 1.82) is 0 Å². The Morgan fingerprint density at radius 2 is 1.68 bits per heavy atom. The quantitative estimate of drug-likeness (QED) is 0.507. The van der Waals surface area contributed by atoms with E-state index in [1.54, 1.807) is 0 Å². The predicted octanol–water partition coefficient (Wildman–Crippen LogP) is 5.30. The Labute approximate surface area is 138 Å². The molecule has 0 heterocycles. The first kappa shape index (κ1) is 19.7. The molecule has 1 unspecified atom stereocenters. The third kappa shape index (κ3) is 4.13. The van der Waals surface area contributed by atoms with Crippen LogP contribution in [0.1, 0.15) is 73.6 Å². The Morgan fingerprint density at radius 1 is 1.14 bits per heavy atom. The molecule has 0 amide bonds. The van der Waals surface area contributed by atoms with Crippen LogP contribution in [0.2, 0.25) is 18.1 Å². The molecule has 0 aromatic carbocycles. The van der Waals surface area contributed by atoms with Crippen LogP contribution in [0.15, 0.2) is 0 Å². The molecule has 1 aliphatic rings. The number of carbonyl (C=O) groups excluding carboxylic acids is 1. The molecule has 0 aliphatic heterocycles. The molecule has 3 nitrogen and oxygen atoms in total. The van der Waals surface area contributed by atoms with E-state index in [1.807, 2.05) is 6.92 Å². The minimum atomic E-state index is -1.95. The molecule has 0 bridgehead atoms. The van der Waals surface area contributed by atoms with Crippen LogP contribution in [-0.2, 0) is 14.0 Å². The Bertz CT molecular complexity index is 396. The summed E-state index contributed by atoms with van der Waals surface area (Å²) in [7, 11) is -1.95. The van der Waals surface area contributed by atoms with Crippen molar-refractivity contribution >= 4 is 14.3 Å². The highest BCUT2D eigenvalue weighted by Crippen LogP contribution is 2.52. The summed E-state index contributed by atoms with van der Waals surface area (Å²) in [6, 6.07) is 0. The zero-order valence-electron chi connectivity index (χ0n) is 16.0. The molecule has 4 heteroatoms. The fourth-order valence-corrected chi connectivity index (χ4v) is 4.92. The summed E-state index contributed by atoms with van der Waals surface area (Å²) in [5, 5.41) is 0.141. The monoisotopic (exact) mass is 328 g/mol. The molecule has 0 N–H and O–H groups in total. The van der Waals surface area contributed by atoms with E-state index in [9.17, 15) is 4.79 Å². The van der Waals surface area contributed by atoms with Gasteiger partial charge in [0.05, 0.1) is 18.6 Å². The Hall–Kier alpha value is -0.353. The van der Waals surface area contributed by atoms with Gasteiger partial charge in [0.15, 0.2) is 8.32 Å². The molecule has 1 saturated carbocycles. The molecule has 1 rings (SSSR count). The van der Waals surface area contributed by atoms with E-state index in [-0.39, 0.29) is 22.0 Å². The summed E-state index contributed by atoms with van der Waals surface area (Å²) < 4.78 is 12.2. The van der Waals surface area contributed by atoms with Crippen LogP contribution < -0.4 is 0 Å². The number of hydrogen-bond acceptors (Lipinski definition) is 3. The SMILES string of the molecule is CCOC(=O)CC1(O[Si](C)(C)C(C)(C)C)CCCCC1(C)C. The van der Waals surface area contributed by atoms with Crippen LogP contribution in [0.4, 0.5) is 0 Å². The maximum Gasteiger partial charge on any atom is 0.308 e. The largest absolute Gasteiger partial charge is 0.466 e. The second-order valence-electron chi connectivity index (χ2n) is 8.93. The Balaban J connectivity index is 3.14. The van der Waals surface area contributed by atoms with E-state index in [0.29, 0.717) is 13.0 Å². The van der Waals surface area contributed by atoms with Gasteiger partial charge >= 0.3 is 5.97 Å².